The van der Waals surface area contributed by atoms with Crippen molar-refractivity contribution in [3.05, 3.63) is 35.3 Å². The summed E-state index contributed by atoms with van der Waals surface area (Å²) in [6.45, 7) is 3.01. The molecule has 2 rings (SSSR count). The summed E-state index contributed by atoms with van der Waals surface area (Å²) in [6.07, 6.45) is -0.132. The van der Waals surface area contributed by atoms with Crippen LogP contribution in [0.4, 0.5) is 5.69 Å². The minimum Gasteiger partial charge on any atom is -0.501 e. The molecular formula is C22H25N2O9S+. The van der Waals surface area contributed by atoms with Gasteiger partial charge < -0.3 is 19.1 Å². The van der Waals surface area contributed by atoms with Crippen molar-refractivity contribution in [1.29, 1.82) is 5.39 Å². The molecule has 0 spiro atoms. The zero-order valence-corrected chi connectivity index (χ0v) is 19.6. The number of ether oxygens (including phenoxy) is 1. The zero-order chi connectivity index (χ0) is 25.6. The van der Waals surface area contributed by atoms with E-state index in [0.717, 1.165) is 7.11 Å². The number of fused-ring (bicyclic) bond motifs is 1. The largest absolute Gasteiger partial charge is 0.501 e. The van der Waals surface area contributed by atoms with Crippen molar-refractivity contribution in [2.75, 3.05) is 7.11 Å². The van der Waals surface area contributed by atoms with Gasteiger partial charge in [0.15, 0.2) is 4.98 Å². The third kappa shape index (κ3) is 5.79. The van der Waals surface area contributed by atoms with Crippen LogP contribution < -0.4 is 0 Å². The van der Waals surface area contributed by atoms with Crippen LogP contribution >= 0.6 is 0 Å². The van der Waals surface area contributed by atoms with Crippen LogP contribution in [0.5, 0.6) is 5.75 Å². The van der Waals surface area contributed by atoms with E-state index in [-0.39, 0.29) is 35.7 Å². The Labute approximate surface area is 196 Å². The van der Waals surface area contributed by atoms with E-state index in [0.29, 0.717) is 0 Å². The van der Waals surface area contributed by atoms with Crippen LogP contribution in [0.1, 0.15) is 33.1 Å². The highest BCUT2D eigenvalue weighted by atomic mass is 32.2. The van der Waals surface area contributed by atoms with Crippen molar-refractivity contribution >= 4 is 44.5 Å². The number of carboxylic acids is 1. The molecule has 34 heavy (non-hydrogen) atoms. The van der Waals surface area contributed by atoms with Gasteiger partial charge in [0, 0.05) is 16.8 Å². The van der Waals surface area contributed by atoms with Crippen molar-refractivity contribution in [2.24, 2.45) is 17.8 Å². The highest BCUT2D eigenvalue weighted by Gasteiger charge is 2.34. The predicted molar refractivity (Wildman–Crippen MR) is 119 cm³/mol. The summed E-state index contributed by atoms with van der Waals surface area (Å²) in [4.78, 5) is 38.6. The Kier molecular flexibility index (Phi) is 8.53. The van der Waals surface area contributed by atoms with E-state index in [1.54, 1.807) is 6.92 Å². The predicted octanol–water partition coefficient (Wildman–Crippen LogP) is 3.58. The molecular weight excluding hydrogens is 468 g/mol. The molecule has 0 aromatic heterocycles. The van der Waals surface area contributed by atoms with Crippen LogP contribution in [0.15, 0.2) is 35.2 Å². The highest BCUT2D eigenvalue weighted by molar-refractivity contribution is 7.87. The third-order valence-corrected chi connectivity index (χ3v) is 6.81. The van der Waals surface area contributed by atoms with Crippen LogP contribution in [0.3, 0.4) is 0 Å². The maximum absolute atomic E-state index is 12.9. The fourth-order valence-electron chi connectivity index (χ4n) is 3.58. The van der Waals surface area contributed by atoms with Gasteiger partial charge in [-0.25, -0.2) is 0 Å². The van der Waals surface area contributed by atoms with E-state index in [9.17, 15) is 27.9 Å². The lowest BCUT2D eigenvalue weighted by molar-refractivity contribution is -0.149. The topological polar surface area (TPSA) is 172 Å². The van der Waals surface area contributed by atoms with Gasteiger partial charge in [-0.2, -0.15) is 8.42 Å². The fraction of sp³-hybridized carbons (Fsp3) is 0.409. The van der Waals surface area contributed by atoms with Gasteiger partial charge in [0.05, 0.1) is 24.9 Å². The number of hydrogen-bond acceptors (Lipinski definition) is 9. The second-order valence-electron chi connectivity index (χ2n) is 7.78. The van der Waals surface area contributed by atoms with Gasteiger partial charge in [-0.3, -0.25) is 14.4 Å². The Hall–Kier alpha value is -3.72. The van der Waals surface area contributed by atoms with E-state index < -0.39 is 56.4 Å². The quantitative estimate of drug-likeness (QED) is 0.283. The number of aliphatic carboxylic acids is 1. The Balaban J connectivity index is 2.33. The first kappa shape index (κ1) is 26.5. The number of phenols is 1. The monoisotopic (exact) mass is 493 g/mol. The molecule has 182 valence electrons. The number of phenolic OH excluding ortho intramolecular Hbond substituents is 1. The lowest BCUT2D eigenvalue weighted by Crippen LogP contribution is -2.29. The second kappa shape index (κ2) is 10.9. The number of rotatable bonds is 10. The van der Waals surface area contributed by atoms with E-state index in [1.165, 1.54) is 37.3 Å². The Morgan fingerprint density at radius 1 is 1.06 bits per heavy atom. The Morgan fingerprint density at radius 3 is 2.29 bits per heavy atom. The first-order chi connectivity index (χ1) is 16.0. The van der Waals surface area contributed by atoms with Crippen molar-refractivity contribution in [2.45, 2.75) is 38.0 Å². The smallest absolute Gasteiger partial charge is 0.426 e. The molecule has 12 heteroatoms. The fourth-order valence-corrected chi connectivity index (χ4v) is 4.71. The molecule has 0 aliphatic rings. The summed E-state index contributed by atoms with van der Waals surface area (Å²) < 4.78 is 35.4. The first-order valence-corrected chi connectivity index (χ1v) is 11.8. The number of aromatic hydroxyl groups is 1. The van der Waals surface area contributed by atoms with Crippen molar-refractivity contribution in [1.82, 2.24) is 0 Å². The summed E-state index contributed by atoms with van der Waals surface area (Å²) in [5.41, 5.74) is -0.172. The van der Waals surface area contributed by atoms with Crippen LogP contribution in [0.25, 0.3) is 15.7 Å². The number of diazo groups is 1. The number of carbonyl (C=O) groups is 3. The molecule has 0 heterocycles. The number of carbonyl (C=O) groups excluding carboxylic acids is 2. The summed E-state index contributed by atoms with van der Waals surface area (Å²) in [6, 6.07) is 6.40. The van der Waals surface area contributed by atoms with E-state index in [2.05, 4.69) is 4.98 Å². The van der Waals surface area contributed by atoms with E-state index in [1.807, 2.05) is 0 Å². The number of carboxylic acid groups (broad SMARTS) is 1. The average molecular weight is 494 g/mol. The number of hydrogen-bond donors (Lipinski definition) is 2. The maximum Gasteiger partial charge on any atom is 0.426 e. The summed E-state index contributed by atoms with van der Waals surface area (Å²) in [5.74, 6) is -6.26. The lowest BCUT2D eigenvalue weighted by atomic mass is 9.86. The van der Waals surface area contributed by atoms with Gasteiger partial charge in [-0.15, -0.1) is 0 Å². The molecule has 0 saturated heterocycles. The Bertz CT molecular complexity index is 1250. The minimum atomic E-state index is -4.64. The van der Waals surface area contributed by atoms with Gasteiger partial charge >= 0.3 is 33.7 Å². The van der Waals surface area contributed by atoms with Crippen molar-refractivity contribution < 1.29 is 41.9 Å². The van der Waals surface area contributed by atoms with E-state index >= 15 is 0 Å². The molecule has 0 fully saturated rings. The molecule has 3 atom stereocenters. The summed E-state index contributed by atoms with van der Waals surface area (Å²) >= 11 is 0. The number of methoxy groups -OCH3 is 1. The molecule has 0 saturated carbocycles. The maximum atomic E-state index is 12.9. The van der Waals surface area contributed by atoms with Crippen LogP contribution in [0.2, 0.25) is 0 Å². The normalized spacial score (nSPS) is 13.9. The van der Waals surface area contributed by atoms with Gasteiger partial charge in [0.25, 0.3) is 0 Å². The summed E-state index contributed by atoms with van der Waals surface area (Å²) in [5, 5.41) is 28.4. The van der Waals surface area contributed by atoms with Crippen LogP contribution in [-0.2, 0) is 33.4 Å². The molecule has 0 bridgehead atoms. The Morgan fingerprint density at radius 2 is 1.74 bits per heavy atom. The minimum absolute atomic E-state index is 0.0379. The second-order valence-corrected chi connectivity index (χ2v) is 9.29. The van der Waals surface area contributed by atoms with Crippen molar-refractivity contribution in [3.63, 3.8) is 0 Å². The number of nitrogens with zero attached hydrogens (tertiary/aromatic N) is 2. The first-order valence-electron chi connectivity index (χ1n) is 10.4. The molecule has 0 aliphatic carbocycles. The molecule has 2 aromatic rings. The third-order valence-electron chi connectivity index (χ3n) is 5.53. The van der Waals surface area contributed by atoms with Crippen molar-refractivity contribution in [3.8, 4) is 5.75 Å². The number of esters is 1. The van der Waals surface area contributed by atoms with Crippen LogP contribution in [0, 0.1) is 23.1 Å². The van der Waals surface area contributed by atoms with Crippen LogP contribution in [-0.4, -0.2) is 43.6 Å². The highest BCUT2D eigenvalue weighted by Crippen LogP contribution is 2.37. The lowest BCUT2D eigenvalue weighted by Gasteiger charge is -2.21. The van der Waals surface area contributed by atoms with E-state index in [4.69, 9.17) is 19.4 Å². The SMILES string of the molecule is CCC(CC(CC(C)C(=O)O)C(=O)OC)C(=O)OS(=O)(=O)c1cccc2c(O)c([N+]#N)ccc12. The van der Waals surface area contributed by atoms with Gasteiger partial charge in [-0.05, 0) is 31.4 Å². The molecule has 0 radical (unpaired) electrons. The summed E-state index contributed by atoms with van der Waals surface area (Å²) in [7, 11) is -3.50. The molecule has 0 amide bonds. The molecule has 0 aliphatic heterocycles. The standard InChI is InChI=1S/C22H24N2O9S/c1-4-13(11-14(21(28)32-3)10-12(2)20(26)27)22(29)33-34(30,31)18-7-5-6-16-15(18)8-9-17(24-23)19(16)25/h5-9,12-14H,4,10-11H2,1-3H3,(H-,25,26,27)/p+1. The molecule has 3 unspecified atom stereocenters. The zero-order valence-electron chi connectivity index (χ0n) is 18.8. The molecule has 2 N–H and O–H groups in total. The average Bonchev–Trinajstić information content (AvgIpc) is 2.80. The van der Waals surface area contributed by atoms with Gasteiger partial charge in [-0.1, -0.05) is 26.0 Å². The van der Waals surface area contributed by atoms with Gasteiger partial charge in [0.2, 0.25) is 11.1 Å². The number of benzene rings is 2. The molecule has 11 nitrogen and oxygen atoms in total. The van der Waals surface area contributed by atoms with Gasteiger partial charge in [0.1, 0.15) is 4.90 Å². The molecule has 2 aromatic carbocycles.